The highest BCUT2D eigenvalue weighted by Crippen LogP contribution is 2.32. The minimum Gasteiger partial charge on any atom is -0.481 e. The zero-order valence-electron chi connectivity index (χ0n) is 10.7. The monoisotopic (exact) mass is 269 g/mol. The summed E-state index contributed by atoms with van der Waals surface area (Å²) in [6, 6.07) is 3.23. The molecule has 104 valence electrons. The minimum absolute atomic E-state index is 0.0287. The van der Waals surface area contributed by atoms with E-state index in [-0.39, 0.29) is 23.6 Å². The highest BCUT2D eigenvalue weighted by atomic mass is 19.1. The number of hydrogen-bond acceptors (Lipinski definition) is 4. The van der Waals surface area contributed by atoms with Crippen molar-refractivity contribution in [3.63, 3.8) is 0 Å². The summed E-state index contributed by atoms with van der Waals surface area (Å²) >= 11 is 0. The van der Waals surface area contributed by atoms with Crippen molar-refractivity contribution >= 4 is 5.69 Å². The van der Waals surface area contributed by atoms with E-state index in [0.717, 1.165) is 43.9 Å². The van der Waals surface area contributed by atoms with Gasteiger partial charge in [0, 0.05) is 19.2 Å². The van der Waals surface area contributed by atoms with Crippen LogP contribution in [0, 0.1) is 15.9 Å². The number of ether oxygens (including phenoxy) is 2. The second-order valence-electron chi connectivity index (χ2n) is 4.58. The summed E-state index contributed by atoms with van der Waals surface area (Å²) in [5.74, 6) is -0.579. The first kappa shape index (κ1) is 13.7. The number of methoxy groups -OCH3 is 1. The highest BCUT2D eigenvalue weighted by Gasteiger charge is 2.29. The molecule has 0 aliphatic heterocycles. The third kappa shape index (κ3) is 3.20. The molecule has 2 atom stereocenters. The molecule has 1 fully saturated rings. The summed E-state index contributed by atoms with van der Waals surface area (Å²) in [6.07, 6.45) is 3.27. The van der Waals surface area contributed by atoms with Crippen LogP contribution in [0.4, 0.5) is 10.1 Å². The first-order valence-corrected chi connectivity index (χ1v) is 6.25. The Morgan fingerprint density at radius 3 is 2.63 bits per heavy atom. The van der Waals surface area contributed by atoms with E-state index in [0.29, 0.717) is 0 Å². The standard InChI is InChI=1S/C13H16FNO4/c1-18-11-4-2-3-5-12(11)19-13-8-9(14)6-7-10(13)15(16)17/h6-8,11-12H,2-5H2,1H3/t11?,12-/m1/s1. The van der Waals surface area contributed by atoms with Gasteiger partial charge in [-0.2, -0.15) is 0 Å². The van der Waals surface area contributed by atoms with Gasteiger partial charge in [-0.15, -0.1) is 0 Å². The predicted molar refractivity (Wildman–Crippen MR) is 66.7 cm³/mol. The molecule has 1 aliphatic rings. The Morgan fingerprint density at radius 1 is 1.32 bits per heavy atom. The van der Waals surface area contributed by atoms with Crippen molar-refractivity contribution in [2.24, 2.45) is 0 Å². The fourth-order valence-corrected chi connectivity index (χ4v) is 2.36. The van der Waals surface area contributed by atoms with Gasteiger partial charge in [0.1, 0.15) is 11.9 Å². The van der Waals surface area contributed by atoms with E-state index >= 15 is 0 Å². The van der Waals surface area contributed by atoms with Crippen LogP contribution in [0.5, 0.6) is 5.75 Å². The van der Waals surface area contributed by atoms with Gasteiger partial charge in [-0.05, 0) is 25.3 Å². The van der Waals surface area contributed by atoms with Crippen LogP contribution in [0.2, 0.25) is 0 Å². The third-order valence-corrected chi connectivity index (χ3v) is 3.34. The Bertz CT molecular complexity index is 466. The first-order valence-electron chi connectivity index (χ1n) is 6.25. The maximum Gasteiger partial charge on any atom is 0.311 e. The lowest BCUT2D eigenvalue weighted by Gasteiger charge is -2.30. The van der Waals surface area contributed by atoms with Crippen LogP contribution in [-0.2, 0) is 4.74 Å². The molecule has 0 heterocycles. The molecule has 0 radical (unpaired) electrons. The Morgan fingerprint density at radius 2 is 2.00 bits per heavy atom. The van der Waals surface area contributed by atoms with Gasteiger partial charge in [0.15, 0.2) is 5.75 Å². The fourth-order valence-electron chi connectivity index (χ4n) is 2.36. The van der Waals surface area contributed by atoms with Gasteiger partial charge in [0.2, 0.25) is 0 Å². The van der Waals surface area contributed by atoms with Gasteiger partial charge in [0.05, 0.1) is 11.0 Å². The topological polar surface area (TPSA) is 61.6 Å². The van der Waals surface area contributed by atoms with E-state index in [1.54, 1.807) is 7.11 Å². The zero-order valence-corrected chi connectivity index (χ0v) is 10.7. The largest absolute Gasteiger partial charge is 0.481 e. The van der Waals surface area contributed by atoms with Gasteiger partial charge in [-0.3, -0.25) is 10.1 Å². The maximum absolute atomic E-state index is 13.2. The van der Waals surface area contributed by atoms with Crippen molar-refractivity contribution < 1.29 is 18.8 Å². The Balaban J connectivity index is 2.21. The predicted octanol–water partition coefficient (Wildman–Crippen LogP) is 3.07. The molecule has 0 aromatic heterocycles. The van der Waals surface area contributed by atoms with E-state index in [1.165, 1.54) is 0 Å². The molecular weight excluding hydrogens is 253 g/mol. The van der Waals surface area contributed by atoms with Crippen molar-refractivity contribution in [2.75, 3.05) is 7.11 Å². The van der Waals surface area contributed by atoms with Crippen LogP contribution in [0.25, 0.3) is 0 Å². The summed E-state index contributed by atoms with van der Waals surface area (Å²) in [6.45, 7) is 0. The van der Waals surface area contributed by atoms with Crippen molar-refractivity contribution in [3.8, 4) is 5.75 Å². The smallest absolute Gasteiger partial charge is 0.311 e. The lowest BCUT2D eigenvalue weighted by Crippen LogP contribution is -2.36. The van der Waals surface area contributed by atoms with Crippen LogP contribution < -0.4 is 4.74 Å². The minimum atomic E-state index is -0.570. The highest BCUT2D eigenvalue weighted by molar-refractivity contribution is 5.46. The number of hydrogen-bond donors (Lipinski definition) is 0. The molecule has 0 saturated heterocycles. The lowest BCUT2D eigenvalue weighted by atomic mass is 9.94. The number of nitrogens with zero attached hydrogens (tertiary/aromatic N) is 1. The second kappa shape index (κ2) is 5.97. The van der Waals surface area contributed by atoms with Gasteiger partial charge in [-0.25, -0.2) is 4.39 Å². The molecule has 1 saturated carbocycles. The number of nitro groups is 1. The molecule has 5 nitrogen and oxygen atoms in total. The number of benzene rings is 1. The SMILES string of the molecule is COC1CCCC[C@H]1Oc1cc(F)ccc1[N+](=O)[O-]. The number of nitro benzene ring substituents is 1. The molecular formula is C13H16FNO4. The summed E-state index contributed by atoms with van der Waals surface area (Å²) < 4.78 is 24.2. The van der Waals surface area contributed by atoms with Crippen molar-refractivity contribution in [1.29, 1.82) is 0 Å². The van der Waals surface area contributed by atoms with Gasteiger partial charge < -0.3 is 9.47 Å². The number of rotatable bonds is 4. The third-order valence-electron chi connectivity index (χ3n) is 3.34. The average molecular weight is 269 g/mol. The normalized spacial score (nSPS) is 23.1. The Labute approximate surface area is 110 Å². The van der Waals surface area contributed by atoms with Crippen molar-refractivity contribution in [3.05, 3.63) is 34.1 Å². The maximum atomic E-state index is 13.2. The van der Waals surface area contributed by atoms with E-state index in [9.17, 15) is 14.5 Å². The van der Waals surface area contributed by atoms with Crippen LogP contribution in [0.3, 0.4) is 0 Å². The summed E-state index contributed by atoms with van der Waals surface area (Å²) in [5.41, 5.74) is -0.221. The molecule has 2 rings (SSSR count). The molecule has 0 amide bonds. The Kier molecular flexibility index (Phi) is 4.31. The van der Waals surface area contributed by atoms with E-state index in [2.05, 4.69) is 0 Å². The molecule has 0 N–H and O–H groups in total. The van der Waals surface area contributed by atoms with Crippen LogP contribution >= 0.6 is 0 Å². The van der Waals surface area contributed by atoms with Crippen LogP contribution in [0.15, 0.2) is 18.2 Å². The molecule has 1 unspecified atom stereocenters. The summed E-state index contributed by atoms with van der Waals surface area (Å²) in [5, 5.41) is 10.9. The lowest BCUT2D eigenvalue weighted by molar-refractivity contribution is -0.386. The van der Waals surface area contributed by atoms with Gasteiger partial charge in [0.25, 0.3) is 0 Å². The van der Waals surface area contributed by atoms with Crippen LogP contribution in [-0.4, -0.2) is 24.2 Å². The van der Waals surface area contributed by atoms with E-state index < -0.39 is 10.7 Å². The molecule has 0 spiro atoms. The zero-order chi connectivity index (χ0) is 13.8. The molecule has 6 heteroatoms. The van der Waals surface area contributed by atoms with Gasteiger partial charge in [-0.1, -0.05) is 6.42 Å². The average Bonchev–Trinajstić information content (AvgIpc) is 2.39. The molecule has 19 heavy (non-hydrogen) atoms. The summed E-state index contributed by atoms with van der Waals surface area (Å²) in [4.78, 5) is 10.3. The second-order valence-corrected chi connectivity index (χ2v) is 4.58. The molecule has 1 aliphatic carbocycles. The van der Waals surface area contributed by atoms with E-state index in [4.69, 9.17) is 9.47 Å². The molecule has 0 bridgehead atoms. The molecule has 1 aromatic rings. The van der Waals surface area contributed by atoms with Crippen molar-refractivity contribution in [1.82, 2.24) is 0 Å². The Hall–Kier alpha value is -1.69. The van der Waals surface area contributed by atoms with Gasteiger partial charge >= 0.3 is 5.69 Å². The number of halogens is 1. The van der Waals surface area contributed by atoms with Crippen molar-refractivity contribution in [2.45, 2.75) is 37.9 Å². The van der Waals surface area contributed by atoms with E-state index in [1.807, 2.05) is 0 Å². The quantitative estimate of drug-likeness (QED) is 0.622. The molecule has 1 aromatic carbocycles. The van der Waals surface area contributed by atoms with Crippen LogP contribution in [0.1, 0.15) is 25.7 Å². The fraction of sp³-hybridized carbons (Fsp3) is 0.538. The first-order chi connectivity index (χ1) is 9.11. The summed E-state index contributed by atoms with van der Waals surface area (Å²) in [7, 11) is 1.59.